The summed E-state index contributed by atoms with van der Waals surface area (Å²) < 4.78 is 8.90. The van der Waals surface area contributed by atoms with Crippen molar-refractivity contribution in [1.82, 2.24) is 24.8 Å². The highest BCUT2D eigenvalue weighted by molar-refractivity contribution is 7.99. The number of anilines is 1. The van der Waals surface area contributed by atoms with Crippen LogP contribution >= 0.6 is 23.1 Å². The normalized spacial score (nSPS) is 20.8. The van der Waals surface area contributed by atoms with Crippen molar-refractivity contribution in [2.45, 2.75) is 55.2 Å². The smallest absolute Gasteiger partial charge is 0.232 e. The summed E-state index contributed by atoms with van der Waals surface area (Å²) in [7, 11) is 0. The Hall–Kier alpha value is -2.72. The molecule has 2 aliphatic rings. The highest BCUT2D eigenvalue weighted by Crippen LogP contribution is 2.35. The number of aromatic nitrogens is 5. The molecule has 4 aromatic rings. The van der Waals surface area contributed by atoms with Gasteiger partial charge in [0.1, 0.15) is 6.10 Å². The molecular weight excluding hydrogens is 444 g/mol. The molecule has 10 heteroatoms. The van der Waals surface area contributed by atoms with Gasteiger partial charge in [-0.15, -0.1) is 15.3 Å². The van der Waals surface area contributed by atoms with Crippen LogP contribution in [0.5, 0.6) is 5.88 Å². The van der Waals surface area contributed by atoms with E-state index in [-0.39, 0.29) is 17.9 Å². The van der Waals surface area contributed by atoms with Crippen molar-refractivity contribution in [3.05, 3.63) is 30.3 Å². The molecule has 0 spiro atoms. The SMILES string of the molecule is C[C@@H]1CCC[C@H]1Oc1ccc2nnc(Sc3ccc4nc(NC(=O)C5CC5)sc4c3)n2n1. The molecule has 2 saturated carbocycles. The Morgan fingerprint density at radius 3 is 2.91 bits per heavy atom. The van der Waals surface area contributed by atoms with Crippen LogP contribution in [0.2, 0.25) is 0 Å². The highest BCUT2D eigenvalue weighted by atomic mass is 32.2. The fourth-order valence-corrected chi connectivity index (χ4v) is 5.81. The van der Waals surface area contributed by atoms with Crippen LogP contribution in [0.3, 0.4) is 0 Å². The predicted molar refractivity (Wildman–Crippen MR) is 123 cm³/mol. The number of rotatable bonds is 6. The van der Waals surface area contributed by atoms with Crippen LogP contribution in [0.15, 0.2) is 40.4 Å². The lowest BCUT2D eigenvalue weighted by atomic mass is 10.1. The second-order valence-corrected chi connectivity index (χ2v) is 10.6. The van der Waals surface area contributed by atoms with Crippen molar-refractivity contribution < 1.29 is 9.53 Å². The second-order valence-electron chi connectivity index (χ2n) is 8.50. The molecule has 1 aromatic carbocycles. The van der Waals surface area contributed by atoms with E-state index < -0.39 is 0 Å². The molecule has 8 nitrogen and oxygen atoms in total. The van der Waals surface area contributed by atoms with Gasteiger partial charge in [-0.25, -0.2) is 4.98 Å². The van der Waals surface area contributed by atoms with E-state index in [1.165, 1.54) is 35.9 Å². The number of benzene rings is 1. The number of ether oxygens (including phenoxy) is 1. The van der Waals surface area contributed by atoms with Gasteiger partial charge in [0.05, 0.1) is 10.2 Å². The van der Waals surface area contributed by atoms with E-state index in [9.17, 15) is 4.79 Å². The molecule has 164 valence electrons. The highest BCUT2D eigenvalue weighted by Gasteiger charge is 2.30. The summed E-state index contributed by atoms with van der Waals surface area (Å²) in [6, 6.07) is 9.78. The minimum atomic E-state index is 0.0738. The second kappa shape index (κ2) is 8.00. The van der Waals surface area contributed by atoms with Crippen LogP contribution in [0, 0.1) is 11.8 Å². The minimum absolute atomic E-state index is 0.0738. The summed E-state index contributed by atoms with van der Waals surface area (Å²) in [5.74, 6) is 1.39. The number of amides is 1. The van der Waals surface area contributed by atoms with Crippen molar-refractivity contribution in [2.75, 3.05) is 5.32 Å². The molecule has 32 heavy (non-hydrogen) atoms. The number of fused-ring (bicyclic) bond motifs is 2. The standard InChI is InChI=1S/C22H22N6O2S2/c1-12-3-2-4-16(12)30-19-10-9-18-25-26-22(28(18)27-19)31-14-7-8-15-17(11-14)32-21(23-15)24-20(29)13-5-6-13/h7-13,16H,2-6H2,1H3,(H,23,24,29)/t12-,16-/m1/s1. The molecule has 0 saturated heterocycles. The minimum Gasteiger partial charge on any atom is -0.473 e. The zero-order chi connectivity index (χ0) is 21.7. The van der Waals surface area contributed by atoms with Crippen LogP contribution in [0.4, 0.5) is 5.13 Å². The molecule has 0 bridgehead atoms. The van der Waals surface area contributed by atoms with Gasteiger partial charge in [-0.3, -0.25) is 4.79 Å². The summed E-state index contributed by atoms with van der Waals surface area (Å²) in [5.41, 5.74) is 1.55. The molecular formula is C22H22N6O2S2. The molecule has 2 fully saturated rings. The third-order valence-corrected chi connectivity index (χ3v) is 7.87. The van der Waals surface area contributed by atoms with Gasteiger partial charge in [-0.05, 0) is 74.0 Å². The van der Waals surface area contributed by atoms with Crippen molar-refractivity contribution >= 4 is 50.0 Å². The Labute approximate surface area is 192 Å². The van der Waals surface area contributed by atoms with E-state index in [1.807, 2.05) is 24.3 Å². The Balaban J connectivity index is 1.23. The van der Waals surface area contributed by atoms with Gasteiger partial charge in [0.15, 0.2) is 10.8 Å². The van der Waals surface area contributed by atoms with Gasteiger partial charge in [-0.2, -0.15) is 4.52 Å². The number of hydrogen-bond donors (Lipinski definition) is 1. The summed E-state index contributed by atoms with van der Waals surface area (Å²) >= 11 is 2.98. The van der Waals surface area contributed by atoms with Crippen molar-refractivity contribution in [3.8, 4) is 5.88 Å². The van der Waals surface area contributed by atoms with Crippen LogP contribution < -0.4 is 10.1 Å². The fourth-order valence-electron chi connectivity index (χ4n) is 4.00. The maximum atomic E-state index is 12.0. The van der Waals surface area contributed by atoms with Gasteiger partial charge in [0.2, 0.25) is 16.9 Å². The third kappa shape index (κ3) is 3.93. The number of carbonyl (C=O) groups excluding carboxylic acids is 1. The van der Waals surface area contributed by atoms with E-state index in [2.05, 4.69) is 38.6 Å². The van der Waals surface area contributed by atoms with E-state index >= 15 is 0 Å². The van der Waals surface area contributed by atoms with Crippen LogP contribution in [-0.4, -0.2) is 36.8 Å². The lowest BCUT2D eigenvalue weighted by molar-refractivity contribution is -0.117. The largest absolute Gasteiger partial charge is 0.473 e. The zero-order valence-electron chi connectivity index (χ0n) is 17.5. The Kier molecular flexibility index (Phi) is 4.98. The van der Waals surface area contributed by atoms with Crippen molar-refractivity contribution in [2.24, 2.45) is 11.8 Å². The molecule has 2 atom stereocenters. The third-order valence-electron chi connectivity index (χ3n) is 6.01. The molecule has 3 aromatic heterocycles. The van der Waals surface area contributed by atoms with E-state index in [1.54, 1.807) is 4.52 Å². The summed E-state index contributed by atoms with van der Waals surface area (Å²) in [5, 5.41) is 17.5. The molecule has 1 amide bonds. The van der Waals surface area contributed by atoms with Gasteiger partial charge in [-0.1, -0.05) is 18.3 Å². The number of nitrogens with zero attached hydrogens (tertiary/aromatic N) is 5. The van der Waals surface area contributed by atoms with Crippen molar-refractivity contribution in [1.29, 1.82) is 0 Å². The van der Waals surface area contributed by atoms with Crippen LogP contribution in [0.1, 0.15) is 39.0 Å². The molecule has 3 heterocycles. The fraction of sp³-hybridized carbons (Fsp3) is 0.409. The molecule has 6 rings (SSSR count). The van der Waals surface area contributed by atoms with Gasteiger partial charge >= 0.3 is 0 Å². The maximum absolute atomic E-state index is 12.0. The van der Waals surface area contributed by atoms with Gasteiger partial charge in [0, 0.05) is 16.9 Å². The Morgan fingerprint density at radius 2 is 2.09 bits per heavy atom. The number of nitrogens with one attached hydrogen (secondary N) is 1. The van der Waals surface area contributed by atoms with E-state index in [0.717, 1.165) is 34.4 Å². The molecule has 0 radical (unpaired) electrons. The maximum Gasteiger partial charge on any atom is 0.232 e. The summed E-state index contributed by atoms with van der Waals surface area (Å²) in [4.78, 5) is 17.6. The summed E-state index contributed by atoms with van der Waals surface area (Å²) in [6.45, 7) is 2.23. The van der Waals surface area contributed by atoms with E-state index in [0.29, 0.717) is 27.7 Å². The molecule has 2 aliphatic carbocycles. The lowest BCUT2D eigenvalue weighted by Crippen LogP contribution is -2.20. The monoisotopic (exact) mass is 466 g/mol. The van der Waals surface area contributed by atoms with Crippen LogP contribution in [-0.2, 0) is 4.79 Å². The zero-order valence-corrected chi connectivity index (χ0v) is 19.2. The van der Waals surface area contributed by atoms with E-state index in [4.69, 9.17) is 4.74 Å². The molecule has 0 unspecified atom stereocenters. The van der Waals surface area contributed by atoms with Crippen LogP contribution in [0.25, 0.3) is 15.9 Å². The first-order valence-electron chi connectivity index (χ1n) is 10.9. The first kappa shape index (κ1) is 19.9. The average molecular weight is 467 g/mol. The lowest BCUT2D eigenvalue weighted by Gasteiger charge is -2.16. The Morgan fingerprint density at radius 1 is 1.19 bits per heavy atom. The Bertz CT molecular complexity index is 1310. The van der Waals surface area contributed by atoms with Crippen molar-refractivity contribution in [3.63, 3.8) is 0 Å². The quantitative estimate of drug-likeness (QED) is 0.436. The predicted octanol–water partition coefficient (Wildman–Crippen LogP) is 4.80. The molecule has 0 aliphatic heterocycles. The number of thiazole rings is 1. The topological polar surface area (TPSA) is 94.3 Å². The summed E-state index contributed by atoms with van der Waals surface area (Å²) in [6.07, 6.45) is 5.65. The first-order valence-corrected chi connectivity index (χ1v) is 12.5. The number of hydrogen-bond acceptors (Lipinski definition) is 8. The van der Waals surface area contributed by atoms with Gasteiger partial charge in [0.25, 0.3) is 0 Å². The first-order chi connectivity index (χ1) is 15.6. The molecule has 1 N–H and O–H groups in total. The van der Waals surface area contributed by atoms with Gasteiger partial charge < -0.3 is 10.1 Å². The number of carbonyl (C=O) groups is 1. The average Bonchev–Trinajstić information content (AvgIpc) is 3.30.